The summed E-state index contributed by atoms with van der Waals surface area (Å²) in [4.78, 5) is 30.9. The van der Waals surface area contributed by atoms with Gasteiger partial charge in [0.2, 0.25) is 5.91 Å². The molecule has 8 nitrogen and oxygen atoms in total. The van der Waals surface area contributed by atoms with Gasteiger partial charge in [0.05, 0.1) is 6.10 Å². The van der Waals surface area contributed by atoms with Crippen molar-refractivity contribution in [2.24, 2.45) is 29.4 Å². The molecule has 1 aromatic rings. The first-order valence-corrected chi connectivity index (χ1v) is 13.9. The van der Waals surface area contributed by atoms with Crippen LogP contribution in [0, 0.1) is 23.7 Å². The third kappa shape index (κ3) is 10.4. The van der Waals surface area contributed by atoms with Crippen LogP contribution in [0.5, 0.6) is 0 Å². The van der Waals surface area contributed by atoms with Crippen LogP contribution in [0.4, 0.5) is 0 Å². The molecular formula is C29H49N3O5. The highest BCUT2D eigenvalue weighted by Gasteiger charge is 2.33. The number of nitrogens with zero attached hydrogens (tertiary/aromatic N) is 1. The zero-order valence-electron chi connectivity index (χ0n) is 23.4. The molecule has 4 atom stereocenters. The van der Waals surface area contributed by atoms with Gasteiger partial charge in [-0.25, -0.2) is 0 Å². The second kappa shape index (κ2) is 16.2. The second-order valence-corrected chi connectivity index (χ2v) is 11.1. The lowest BCUT2D eigenvalue weighted by atomic mass is 9.80. The first kappa shape index (κ1) is 31.3. The van der Waals surface area contributed by atoms with Crippen LogP contribution in [0.25, 0.3) is 0 Å². The molecular weight excluding hydrogens is 470 g/mol. The molecule has 8 heteroatoms. The molecule has 0 spiro atoms. The predicted octanol–water partition coefficient (Wildman–Crippen LogP) is 3.54. The minimum atomic E-state index is -0.879. The number of nitrogens with two attached hydrogens (primary N) is 1. The number of aromatic nitrogens is 1. The van der Waals surface area contributed by atoms with E-state index in [9.17, 15) is 14.7 Å². The first-order valence-electron chi connectivity index (χ1n) is 13.9. The van der Waals surface area contributed by atoms with Gasteiger partial charge in [-0.2, -0.15) is 0 Å². The summed E-state index contributed by atoms with van der Waals surface area (Å²) in [7, 11) is 1.69. The van der Waals surface area contributed by atoms with Crippen LogP contribution in [0.15, 0.2) is 18.3 Å². The summed E-state index contributed by atoms with van der Waals surface area (Å²) in [5, 5.41) is 14.1. The van der Waals surface area contributed by atoms with Gasteiger partial charge in [-0.3, -0.25) is 14.6 Å². The number of rotatable bonds is 16. The number of hydrogen-bond donors (Lipinski definition) is 3. The number of aryl methyl sites for hydroxylation is 1. The molecule has 0 bridgehead atoms. The number of hydrogen-bond acceptors (Lipinski definition) is 7. The highest BCUT2D eigenvalue weighted by Crippen LogP contribution is 2.26. The van der Waals surface area contributed by atoms with Crippen LogP contribution < -0.4 is 11.1 Å². The Labute approximate surface area is 223 Å². The van der Waals surface area contributed by atoms with Gasteiger partial charge in [0.25, 0.3) is 0 Å². The Morgan fingerprint density at radius 3 is 2.43 bits per heavy atom. The average molecular weight is 520 g/mol. The molecule has 1 fully saturated rings. The molecule has 37 heavy (non-hydrogen) atoms. The number of ether oxygens (including phenoxy) is 2. The van der Waals surface area contributed by atoms with E-state index in [1.54, 1.807) is 19.4 Å². The second-order valence-electron chi connectivity index (χ2n) is 11.1. The molecule has 1 saturated heterocycles. The van der Waals surface area contributed by atoms with Crippen molar-refractivity contribution >= 4 is 11.7 Å². The van der Waals surface area contributed by atoms with Crippen LogP contribution in [0.2, 0.25) is 0 Å². The van der Waals surface area contributed by atoms with Crippen LogP contribution in [0.1, 0.15) is 82.3 Å². The normalized spacial score (nSPS) is 18.0. The molecule has 210 valence electrons. The Balaban J connectivity index is 2.00. The molecule has 1 aliphatic rings. The van der Waals surface area contributed by atoms with Crippen molar-refractivity contribution in [2.75, 3.05) is 26.9 Å². The first-order chi connectivity index (χ1) is 17.6. The van der Waals surface area contributed by atoms with Crippen molar-refractivity contribution in [1.82, 2.24) is 10.3 Å². The quantitative estimate of drug-likeness (QED) is 0.225. The molecule has 0 radical (unpaired) electrons. The molecule has 4 unspecified atom stereocenters. The fourth-order valence-corrected chi connectivity index (χ4v) is 4.93. The van der Waals surface area contributed by atoms with E-state index >= 15 is 0 Å². The van der Waals surface area contributed by atoms with E-state index in [0.29, 0.717) is 31.8 Å². The molecule has 0 aromatic carbocycles. The number of amides is 1. The van der Waals surface area contributed by atoms with E-state index in [1.807, 2.05) is 33.8 Å². The smallest absolute Gasteiger partial charge is 0.223 e. The van der Waals surface area contributed by atoms with Gasteiger partial charge in [-0.1, -0.05) is 27.7 Å². The zero-order chi connectivity index (χ0) is 27.4. The summed E-state index contributed by atoms with van der Waals surface area (Å²) in [6.07, 6.45) is 5.74. The number of methoxy groups -OCH3 is 1. The average Bonchev–Trinajstić information content (AvgIpc) is 2.88. The highest BCUT2D eigenvalue weighted by atomic mass is 16.5. The summed E-state index contributed by atoms with van der Waals surface area (Å²) >= 11 is 0. The maximum absolute atomic E-state index is 13.5. The number of carbonyl (C=O) groups excluding carboxylic acids is 2. The largest absolute Gasteiger partial charge is 0.391 e. The van der Waals surface area contributed by atoms with Crippen molar-refractivity contribution in [2.45, 2.75) is 90.8 Å². The number of Topliss-reactive ketones (excluding diaryl/α,β-unsaturated/α-hetero) is 1. The summed E-state index contributed by atoms with van der Waals surface area (Å²) in [6.45, 7) is 10.0. The van der Waals surface area contributed by atoms with Crippen molar-refractivity contribution in [3.8, 4) is 0 Å². The summed E-state index contributed by atoms with van der Waals surface area (Å²) in [6, 6.07) is 3.14. The number of aliphatic hydroxyl groups is 1. The van der Waals surface area contributed by atoms with Crippen molar-refractivity contribution in [1.29, 1.82) is 0 Å². The molecule has 0 aliphatic carbocycles. The predicted molar refractivity (Wildman–Crippen MR) is 145 cm³/mol. The molecule has 4 N–H and O–H groups in total. The molecule has 2 heterocycles. The monoisotopic (exact) mass is 519 g/mol. The molecule has 2 rings (SSSR count). The topological polar surface area (TPSA) is 124 Å². The maximum Gasteiger partial charge on any atom is 0.223 e. The lowest BCUT2D eigenvalue weighted by Gasteiger charge is -2.31. The lowest BCUT2D eigenvalue weighted by molar-refractivity contribution is -0.129. The van der Waals surface area contributed by atoms with Gasteiger partial charge in [-0.05, 0) is 68.9 Å². The lowest BCUT2D eigenvalue weighted by Crippen LogP contribution is -2.46. The standard InChI is InChI=1S/C29H49N3O5/c1-19(2)24(28(34)21-9-12-31-23(16-21)8-6-7-13-36-5)17-26(30)27(33)18-25(20(3)4)29(35)32-22-10-14-37-15-11-22/h9,12,16,19-20,22,24-27,33H,6-8,10-11,13-15,17-18,30H2,1-5H3,(H,32,35). The Morgan fingerprint density at radius 1 is 1.14 bits per heavy atom. The van der Waals surface area contributed by atoms with Crippen LogP contribution in [-0.4, -0.2) is 66.9 Å². The Morgan fingerprint density at radius 2 is 1.81 bits per heavy atom. The van der Waals surface area contributed by atoms with Crippen LogP contribution >= 0.6 is 0 Å². The van der Waals surface area contributed by atoms with E-state index in [0.717, 1.165) is 37.8 Å². The van der Waals surface area contributed by atoms with Crippen LogP contribution in [0.3, 0.4) is 0 Å². The van der Waals surface area contributed by atoms with E-state index in [-0.39, 0.29) is 47.8 Å². The maximum atomic E-state index is 13.5. The van der Waals surface area contributed by atoms with Gasteiger partial charge in [0, 0.05) is 68.3 Å². The minimum absolute atomic E-state index is 0.0239. The number of pyridine rings is 1. The fraction of sp³-hybridized carbons (Fsp3) is 0.759. The number of aliphatic hydroxyl groups excluding tert-OH is 1. The highest BCUT2D eigenvalue weighted by molar-refractivity contribution is 5.98. The number of carbonyl (C=O) groups is 2. The van der Waals surface area contributed by atoms with E-state index in [1.165, 1.54) is 0 Å². The van der Waals surface area contributed by atoms with Gasteiger partial charge in [0.15, 0.2) is 5.78 Å². The third-order valence-corrected chi connectivity index (χ3v) is 7.50. The van der Waals surface area contributed by atoms with Gasteiger partial charge in [-0.15, -0.1) is 0 Å². The van der Waals surface area contributed by atoms with E-state index in [2.05, 4.69) is 10.3 Å². The summed E-state index contributed by atoms with van der Waals surface area (Å²) in [5.74, 6) is -0.583. The Bertz CT molecular complexity index is 826. The van der Waals surface area contributed by atoms with Crippen molar-refractivity contribution in [3.05, 3.63) is 29.6 Å². The van der Waals surface area contributed by atoms with Gasteiger partial charge < -0.3 is 25.6 Å². The minimum Gasteiger partial charge on any atom is -0.391 e. The van der Waals surface area contributed by atoms with Crippen LogP contribution in [-0.2, 0) is 20.7 Å². The molecule has 0 saturated carbocycles. The van der Waals surface area contributed by atoms with Gasteiger partial charge in [0.1, 0.15) is 0 Å². The van der Waals surface area contributed by atoms with E-state index < -0.39 is 12.1 Å². The van der Waals surface area contributed by atoms with E-state index in [4.69, 9.17) is 15.2 Å². The number of nitrogens with one attached hydrogen (secondary N) is 1. The van der Waals surface area contributed by atoms with Gasteiger partial charge >= 0.3 is 0 Å². The molecule has 1 aromatic heterocycles. The summed E-state index contributed by atoms with van der Waals surface area (Å²) < 4.78 is 10.5. The Hall–Kier alpha value is -1.87. The number of unbranched alkanes of at least 4 members (excludes halogenated alkanes) is 1. The summed E-state index contributed by atoms with van der Waals surface area (Å²) in [5.41, 5.74) is 7.98. The Kier molecular flexibility index (Phi) is 13.7. The SMILES string of the molecule is COCCCCc1cc(C(=O)C(CC(N)C(O)CC(C(=O)NC2CCOCC2)C(C)C)C(C)C)ccn1. The van der Waals surface area contributed by atoms with Crippen molar-refractivity contribution < 1.29 is 24.2 Å². The molecule has 1 aliphatic heterocycles. The number of ketones is 1. The molecule has 1 amide bonds. The third-order valence-electron chi connectivity index (χ3n) is 7.50. The zero-order valence-corrected chi connectivity index (χ0v) is 23.4. The van der Waals surface area contributed by atoms with Crippen molar-refractivity contribution in [3.63, 3.8) is 0 Å². The fourth-order valence-electron chi connectivity index (χ4n) is 4.93.